The lowest BCUT2D eigenvalue weighted by Crippen LogP contribution is -2.18. The molecule has 0 bridgehead atoms. The Morgan fingerprint density at radius 1 is 0.917 bits per heavy atom. The van der Waals surface area contributed by atoms with Crippen molar-refractivity contribution >= 4 is 22.9 Å². The molecular formula is C28H22N2O6. The Balaban J connectivity index is 1.58. The number of benzene rings is 4. The van der Waals surface area contributed by atoms with Gasteiger partial charge in [-0.25, -0.2) is 5.01 Å². The van der Waals surface area contributed by atoms with E-state index in [2.05, 4.69) is 5.10 Å². The largest absolute Gasteiger partial charge is 0.507 e. The van der Waals surface area contributed by atoms with Crippen LogP contribution in [-0.2, 0) is 6.54 Å². The highest BCUT2D eigenvalue weighted by atomic mass is 16.7. The van der Waals surface area contributed by atoms with Crippen LogP contribution < -0.4 is 18.9 Å². The third kappa shape index (κ3) is 3.38. The van der Waals surface area contributed by atoms with E-state index in [0.717, 1.165) is 11.1 Å². The highest BCUT2D eigenvalue weighted by Gasteiger charge is 2.36. The van der Waals surface area contributed by atoms with Gasteiger partial charge in [-0.2, -0.15) is 5.10 Å². The first-order chi connectivity index (χ1) is 17.6. The molecule has 0 fully saturated rings. The number of carbonyl (C=O) groups excluding carboxylic acids is 1. The Kier molecular flexibility index (Phi) is 5.14. The number of aromatic hydroxyl groups is 1. The minimum Gasteiger partial charge on any atom is -0.507 e. The van der Waals surface area contributed by atoms with Gasteiger partial charge in [-0.1, -0.05) is 36.4 Å². The second-order valence-corrected chi connectivity index (χ2v) is 8.42. The fourth-order valence-electron chi connectivity index (χ4n) is 4.71. The van der Waals surface area contributed by atoms with Gasteiger partial charge in [-0.15, -0.1) is 0 Å². The lowest BCUT2D eigenvalue weighted by molar-refractivity contribution is 0.0785. The molecule has 2 aliphatic rings. The minimum absolute atomic E-state index is 0.0104. The molecule has 1 N–H and O–H groups in total. The summed E-state index contributed by atoms with van der Waals surface area (Å²) in [7, 11) is 3.08. The summed E-state index contributed by atoms with van der Waals surface area (Å²) in [6.07, 6.45) is 1.63. The van der Waals surface area contributed by atoms with Crippen LogP contribution >= 0.6 is 0 Å². The summed E-state index contributed by atoms with van der Waals surface area (Å²) >= 11 is 0. The number of ether oxygens (including phenoxy) is 4. The highest BCUT2D eigenvalue weighted by Crippen LogP contribution is 2.49. The zero-order chi connectivity index (χ0) is 24.8. The number of phenols is 1. The Bertz CT molecular complexity index is 1550. The van der Waals surface area contributed by atoms with Gasteiger partial charge in [0.05, 0.1) is 32.5 Å². The fraction of sp³-hybridized carbons (Fsp3) is 0.143. The quantitative estimate of drug-likeness (QED) is 0.405. The minimum atomic E-state index is -0.308. The summed E-state index contributed by atoms with van der Waals surface area (Å²) in [5.74, 6) is 1.88. The standard InChI is InChI=1S/C28H22N2O6/c1-33-22-11-18-19(12-23(22)34-2)27(31)20-14-30(29-13-16-6-4-3-5-7-16)28(32)26(20)25(18)17-8-9-21-24(10-17)36-15-35-21/h3-13,31H,14-15H2,1-2H3/b29-13+. The van der Waals surface area contributed by atoms with E-state index in [4.69, 9.17) is 18.9 Å². The topological polar surface area (TPSA) is 89.8 Å². The first-order valence-corrected chi connectivity index (χ1v) is 11.3. The predicted molar refractivity (Wildman–Crippen MR) is 134 cm³/mol. The number of hydrazone groups is 1. The number of nitrogens with zero attached hydrogens (tertiary/aromatic N) is 2. The molecule has 0 saturated heterocycles. The average Bonchev–Trinajstić information content (AvgIpc) is 3.52. The van der Waals surface area contributed by atoms with Crippen molar-refractivity contribution < 1.29 is 28.8 Å². The molecule has 6 rings (SSSR count). The maximum Gasteiger partial charge on any atom is 0.275 e. The fourth-order valence-corrected chi connectivity index (χ4v) is 4.71. The average molecular weight is 482 g/mol. The van der Waals surface area contributed by atoms with E-state index in [1.165, 1.54) is 12.1 Å². The van der Waals surface area contributed by atoms with Gasteiger partial charge in [0.2, 0.25) is 6.79 Å². The molecule has 2 heterocycles. The highest BCUT2D eigenvalue weighted by molar-refractivity contribution is 6.15. The van der Waals surface area contributed by atoms with Crippen molar-refractivity contribution in [3.8, 4) is 39.9 Å². The molecule has 0 atom stereocenters. The third-order valence-corrected chi connectivity index (χ3v) is 6.45. The maximum atomic E-state index is 13.7. The second-order valence-electron chi connectivity index (χ2n) is 8.42. The number of methoxy groups -OCH3 is 2. The van der Waals surface area contributed by atoms with Crippen LogP contribution in [0.1, 0.15) is 21.5 Å². The van der Waals surface area contributed by atoms with Gasteiger partial charge in [-0.3, -0.25) is 4.79 Å². The van der Waals surface area contributed by atoms with Crippen molar-refractivity contribution in [3.05, 3.63) is 77.4 Å². The van der Waals surface area contributed by atoms with Gasteiger partial charge in [-0.05, 0) is 40.8 Å². The molecule has 0 radical (unpaired) electrons. The van der Waals surface area contributed by atoms with Crippen LogP contribution in [0.3, 0.4) is 0 Å². The zero-order valence-corrected chi connectivity index (χ0v) is 19.6. The van der Waals surface area contributed by atoms with Crippen molar-refractivity contribution in [2.75, 3.05) is 21.0 Å². The molecule has 0 aromatic heterocycles. The lowest BCUT2D eigenvalue weighted by atomic mass is 9.89. The van der Waals surface area contributed by atoms with Gasteiger partial charge >= 0.3 is 0 Å². The van der Waals surface area contributed by atoms with E-state index in [1.54, 1.807) is 25.5 Å². The number of hydrogen-bond donors (Lipinski definition) is 1. The summed E-state index contributed by atoms with van der Waals surface area (Å²) in [4.78, 5) is 13.7. The van der Waals surface area contributed by atoms with Gasteiger partial charge in [0.1, 0.15) is 5.75 Å². The number of rotatable bonds is 5. The molecule has 8 nitrogen and oxygen atoms in total. The number of phenolic OH excluding ortho intramolecular Hbond substituents is 1. The van der Waals surface area contributed by atoms with E-state index in [1.807, 2.05) is 48.5 Å². The number of amides is 1. The van der Waals surface area contributed by atoms with Crippen molar-refractivity contribution in [1.29, 1.82) is 0 Å². The van der Waals surface area contributed by atoms with Crippen molar-refractivity contribution in [2.24, 2.45) is 5.10 Å². The molecule has 180 valence electrons. The predicted octanol–water partition coefficient (Wildman–Crippen LogP) is 4.95. The van der Waals surface area contributed by atoms with Crippen LogP contribution in [0.5, 0.6) is 28.7 Å². The Morgan fingerprint density at radius 3 is 2.39 bits per heavy atom. The summed E-state index contributed by atoms with van der Waals surface area (Å²) in [5, 5.41) is 18.3. The molecule has 4 aromatic rings. The van der Waals surface area contributed by atoms with Gasteiger partial charge in [0.25, 0.3) is 5.91 Å². The summed E-state index contributed by atoms with van der Waals surface area (Å²) in [6.45, 7) is 0.268. The van der Waals surface area contributed by atoms with Gasteiger partial charge in [0, 0.05) is 16.5 Å². The molecule has 0 unspecified atom stereocenters. The van der Waals surface area contributed by atoms with Crippen LogP contribution in [-0.4, -0.2) is 43.2 Å². The normalized spacial score (nSPS) is 14.1. The first kappa shape index (κ1) is 21.8. The van der Waals surface area contributed by atoms with E-state index < -0.39 is 0 Å². The van der Waals surface area contributed by atoms with Crippen molar-refractivity contribution in [1.82, 2.24) is 5.01 Å². The molecule has 2 aliphatic heterocycles. The van der Waals surface area contributed by atoms with Crippen LogP contribution in [0, 0.1) is 0 Å². The molecule has 36 heavy (non-hydrogen) atoms. The maximum absolute atomic E-state index is 13.7. The van der Waals surface area contributed by atoms with E-state index in [-0.39, 0.29) is 25.0 Å². The summed E-state index contributed by atoms with van der Waals surface area (Å²) < 4.78 is 22.1. The smallest absolute Gasteiger partial charge is 0.275 e. The molecule has 4 aromatic carbocycles. The lowest BCUT2D eigenvalue weighted by Gasteiger charge is -2.17. The molecule has 0 spiro atoms. The number of hydrogen-bond acceptors (Lipinski definition) is 7. The van der Waals surface area contributed by atoms with Crippen LogP contribution in [0.4, 0.5) is 0 Å². The van der Waals surface area contributed by atoms with E-state index in [0.29, 0.717) is 50.5 Å². The van der Waals surface area contributed by atoms with Crippen molar-refractivity contribution in [2.45, 2.75) is 6.54 Å². The molecule has 8 heteroatoms. The van der Waals surface area contributed by atoms with Crippen molar-refractivity contribution in [3.63, 3.8) is 0 Å². The summed E-state index contributed by atoms with van der Waals surface area (Å²) in [5.41, 5.74) is 3.14. The van der Waals surface area contributed by atoms with Gasteiger partial charge in [0.15, 0.2) is 23.0 Å². The van der Waals surface area contributed by atoms with Crippen LogP contribution in [0.25, 0.3) is 21.9 Å². The Morgan fingerprint density at radius 2 is 1.64 bits per heavy atom. The Hall–Kier alpha value is -4.72. The number of carbonyl (C=O) groups is 1. The summed E-state index contributed by atoms with van der Waals surface area (Å²) in [6, 6.07) is 18.6. The van der Waals surface area contributed by atoms with Crippen LogP contribution in [0.2, 0.25) is 0 Å². The first-order valence-electron chi connectivity index (χ1n) is 11.3. The Labute approximate surface area is 206 Å². The third-order valence-electron chi connectivity index (χ3n) is 6.45. The zero-order valence-electron chi connectivity index (χ0n) is 19.6. The monoisotopic (exact) mass is 482 g/mol. The molecule has 1 amide bonds. The SMILES string of the molecule is COc1cc2c(O)c3c(c(-c4ccc5c(c4)OCO5)c2cc1OC)C(=O)N(/N=C/c1ccccc1)C3. The van der Waals surface area contributed by atoms with E-state index >= 15 is 0 Å². The number of fused-ring (bicyclic) bond motifs is 3. The molecule has 0 saturated carbocycles. The van der Waals surface area contributed by atoms with Gasteiger partial charge < -0.3 is 24.1 Å². The molecular weight excluding hydrogens is 460 g/mol. The molecule has 0 aliphatic carbocycles. The second kappa shape index (κ2) is 8.49. The van der Waals surface area contributed by atoms with E-state index in [9.17, 15) is 9.90 Å². The van der Waals surface area contributed by atoms with Crippen LogP contribution in [0.15, 0.2) is 65.8 Å².